The second kappa shape index (κ2) is 7.27. The monoisotopic (exact) mass is 153 g/mol. The van der Waals surface area contributed by atoms with Crippen molar-refractivity contribution in [3.63, 3.8) is 0 Å². The molecule has 0 aliphatic carbocycles. The van der Waals surface area contributed by atoms with Crippen molar-refractivity contribution in [2.24, 2.45) is 0 Å². The number of Topliss-reactive ketones (excluding diaryl/α,β-unsaturated/α-hetero) is 1. The lowest BCUT2D eigenvalue weighted by Crippen LogP contribution is -1.88. The van der Waals surface area contributed by atoms with Crippen LogP contribution in [0, 0.1) is 11.3 Å². The van der Waals surface area contributed by atoms with Gasteiger partial charge in [-0.3, -0.25) is 0 Å². The van der Waals surface area contributed by atoms with Gasteiger partial charge in [-0.15, -0.1) is 0 Å². The molecule has 0 aromatic heterocycles. The van der Waals surface area contributed by atoms with Crippen LogP contribution in [0.15, 0.2) is 0 Å². The van der Waals surface area contributed by atoms with Crippen LogP contribution in [0.5, 0.6) is 0 Å². The first-order valence-electron chi connectivity index (χ1n) is 4.13. The zero-order valence-corrected chi connectivity index (χ0v) is 7.10. The molecule has 0 spiro atoms. The molecule has 0 bridgehead atoms. The fourth-order valence-corrected chi connectivity index (χ4v) is 0.932. The number of rotatable bonds is 6. The van der Waals surface area contributed by atoms with Crippen LogP contribution in [0.3, 0.4) is 0 Å². The van der Waals surface area contributed by atoms with Gasteiger partial charge in [0.05, 0.1) is 6.07 Å². The highest BCUT2D eigenvalue weighted by Gasteiger charge is 1.93. The lowest BCUT2D eigenvalue weighted by molar-refractivity contribution is -0.117. The van der Waals surface area contributed by atoms with E-state index in [0.717, 1.165) is 25.7 Å². The van der Waals surface area contributed by atoms with Gasteiger partial charge in [-0.05, 0) is 19.8 Å². The molecular weight excluding hydrogens is 138 g/mol. The average Bonchev–Trinajstić information content (AvgIpc) is 1.96. The van der Waals surface area contributed by atoms with Gasteiger partial charge in [0.2, 0.25) is 0 Å². The predicted octanol–water partition coefficient (Wildman–Crippen LogP) is 2.44. The highest BCUT2D eigenvalue weighted by molar-refractivity contribution is 5.75. The molecule has 0 saturated heterocycles. The molecule has 0 atom stereocenters. The van der Waals surface area contributed by atoms with Crippen LogP contribution in [0.2, 0.25) is 0 Å². The van der Waals surface area contributed by atoms with E-state index < -0.39 is 0 Å². The predicted molar refractivity (Wildman–Crippen MR) is 44.0 cm³/mol. The Hall–Kier alpha value is -0.840. The van der Waals surface area contributed by atoms with Crippen molar-refractivity contribution in [1.82, 2.24) is 0 Å². The minimum Gasteiger partial charge on any atom is -0.300 e. The van der Waals surface area contributed by atoms with Gasteiger partial charge in [-0.1, -0.05) is 12.8 Å². The van der Waals surface area contributed by atoms with Crippen LogP contribution >= 0.6 is 0 Å². The number of hydrogen-bond donors (Lipinski definition) is 0. The maximum atomic E-state index is 10.5. The van der Waals surface area contributed by atoms with Gasteiger partial charge < -0.3 is 4.79 Å². The van der Waals surface area contributed by atoms with Crippen molar-refractivity contribution >= 4 is 5.78 Å². The molecule has 0 saturated carbocycles. The fourth-order valence-electron chi connectivity index (χ4n) is 0.932. The summed E-state index contributed by atoms with van der Waals surface area (Å²) in [5.74, 6) is 0.269. The summed E-state index contributed by atoms with van der Waals surface area (Å²) < 4.78 is 0. The van der Waals surface area contributed by atoms with Crippen LogP contribution in [-0.2, 0) is 4.79 Å². The number of nitriles is 1. The molecule has 0 heterocycles. The molecule has 0 fully saturated rings. The molecule has 62 valence electrons. The Morgan fingerprint density at radius 1 is 1.27 bits per heavy atom. The summed E-state index contributed by atoms with van der Waals surface area (Å²) in [6, 6.07) is 2.10. The summed E-state index contributed by atoms with van der Waals surface area (Å²) in [5.41, 5.74) is 0. The molecule has 0 amide bonds. The van der Waals surface area contributed by atoms with Gasteiger partial charge in [0.1, 0.15) is 5.78 Å². The fraction of sp³-hybridized carbons (Fsp3) is 0.778. The van der Waals surface area contributed by atoms with Crippen molar-refractivity contribution in [3.05, 3.63) is 0 Å². The van der Waals surface area contributed by atoms with E-state index in [0.29, 0.717) is 12.8 Å². The Balaban J connectivity index is 2.92. The Bertz CT molecular complexity index is 146. The summed E-state index contributed by atoms with van der Waals surface area (Å²) >= 11 is 0. The lowest BCUT2D eigenvalue weighted by atomic mass is 10.1. The maximum Gasteiger partial charge on any atom is 0.129 e. The van der Waals surface area contributed by atoms with E-state index in [1.807, 2.05) is 0 Å². The second-order valence-corrected chi connectivity index (χ2v) is 2.77. The number of carbonyl (C=O) groups excluding carboxylic acids is 1. The number of hydrogen-bond acceptors (Lipinski definition) is 2. The highest BCUT2D eigenvalue weighted by Crippen LogP contribution is 2.04. The molecule has 0 radical (unpaired) electrons. The first-order chi connectivity index (χ1) is 5.27. The van der Waals surface area contributed by atoms with Crippen LogP contribution in [0.4, 0.5) is 0 Å². The summed E-state index contributed by atoms with van der Waals surface area (Å²) in [7, 11) is 0. The average molecular weight is 153 g/mol. The lowest BCUT2D eigenvalue weighted by Gasteiger charge is -1.95. The van der Waals surface area contributed by atoms with Gasteiger partial charge in [0, 0.05) is 12.8 Å². The van der Waals surface area contributed by atoms with E-state index in [9.17, 15) is 4.79 Å². The summed E-state index contributed by atoms with van der Waals surface area (Å²) in [6.07, 6.45) is 5.49. The van der Waals surface area contributed by atoms with E-state index >= 15 is 0 Å². The molecule has 0 aromatic rings. The molecule has 0 aliphatic heterocycles. The Morgan fingerprint density at radius 3 is 2.45 bits per heavy atom. The quantitative estimate of drug-likeness (QED) is 0.550. The van der Waals surface area contributed by atoms with Crippen LogP contribution in [-0.4, -0.2) is 5.78 Å². The van der Waals surface area contributed by atoms with Crippen LogP contribution in [0.25, 0.3) is 0 Å². The summed E-state index contributed by atoms with van der Waals surface area (Å²) in [4.78, 5) is 10.5. The summed E-state index contributed by atoms with van der Waals surface area (Å²) in [6.45, 7) is 1.62. The number of unbranched alkanes of at least 4 members (excludes halogenated alkanes) is 4. The molecule has 0 unspecified atom stereocenters. The van der Waals surface area contributed by atoms with E-state index in [1.165, 1.54) is 0 Å². The number of carbonyl (C=O) groups is 1. The van der Waals surface area contributed by atoms with Gasteiger partial charge in [0.15, 0.2) is 0 Å². The standard InChI is InChI=1S/C9H15NO/c1-9(11)7-5-3-2-4-6-8-10/h2-7H2,1H3. The highest BCUT2D eigenvalue weighted by atomic mass is 16.1. The summed E-state index contributed by atoms with van der Waals surface area (Å²) in [5, 5.41) is 8.21. The third kappa shape index (κ3) is 9.16. The van der Waals surface area contributed by atoms with Crippen molar-refractivity contribution in [3.8, 4) is 6.07 Å². The molecule has 0 rings (SSSR count). The largest absolute Gasteiger partial charge is 0.300 e. The topological polar surface area (TPSA) is 40.9 Å². The van der Waals surface area contributed by atoms with Crippen molar-refractivity contribution in [2.45, 2.75) is 45.4 Å². The SMILES string of the molecule is CC(=O)CCCCCCC#N. The first kappa shape index (κ1) is 10.2. The van der Waals surface area contributed by atoms with Gasteiger partial charge >= 0.3 is 0 Å². The number of ketones is 1. The molecule has 0 N–H and O–H groups in total. The number of nitrogens with zero attached hydrogens (tertiary/aromatic N) is 1. The Labute approximate surface area is 68.2 Å². The van der Waals surface area contributed by atoms with Crippen LogP contribution in [0.1, 0.15) is 45.4 Å². The van der Waals surface area contributed by atoms with Crippen molar-refractivity contribution in [2.75, 3.05) is 0 Å². The van der Waals surface area contributed by atoms with Crippen molar-refractivity contribution < 1.29 is 4.79 Å². The van der Waals surface area contributed by atoms with Crippen molar-refractivity contribution in [1.29, 1.82) is 5.26 Å². The van der Waals surface area contributed by atoms with Gasteiger partial charge in [0.25, 0.3) is 0 Å². The molecule has 2 nitrogen and oxygen atoms in total. The molecule has 0 aromatic carbocycles. The van der Waals surface area contributed by atoms with E-state index in [2.05, 4.69) is 6.07 Å². The first-order valence-corrected chi connectivity index (χ1v) is 4.13. The molecular formula is C9H15NO. The van der Waals surface area contributed by atoms with Gasteiger partial charge in [-0.25, -0.2) is 0 Å². The smallest absolute Gasteiger partial charge is 0.129 e. The van der Waals surface area contributed by atoms with Crippen LogP contribution < -0.4 is 0 Å². The maximum absolute atomic E-state index is 10.5. The second-order valence-electron chi connectivity index (χ2n) is 2.77. The Morgan fingerprint density at radius 2 is 1.91 bits per heavy atom. The van der Waals surface area contributed by atoms with E-state index in [1.54, 1.807) is 6.92 Å². The van der Waals surface area contributed by atoms with E-state index in [4.69, 9.17) is 5.26 Å². The minimum atomic E-state index is 0.269. The zero-order chi connectivity index (χ0) is 8.53. The van der Waals surface area contributed by atoms with Gasteiger partial charge in [-0.2, -0.15) is 5.26 Å². The third-order valence-corrected chi connectivity index (χ3v) is 1.57. The zero-order valence-electron chi connectivity index (χ0n) is 7.10. The molecule has 2 heteroatoms. The van der Waals surface area contributed by atoms with E-state index in [-0.39, 0.29) is 5.78 Å². The Kier molecular flexibility index (Phi) is 6.71. The third-order valence-electron chi connectivity index (χ3n) is 1.57. The molecule has 0 aliphatic rings. The molecule has 11 heavy (non-hydrogen) atoms. The minimum absolute atomic E-state index is 0.269. The normalized spacial score (nSPS) is 9.09.